The van der Waals surface area contributed by atoms with Crippen molar-refractivity contribution < 1.29 is 14.0 Å². The molecule has 0 aliphatic rings. The molecule has 66 valence electrons. The lowest BCUT2D eigenvalue weighted by atomic mass is 10.2. The van der Waals surface area contributed by atoms with Crippen molar-refractivity contribution in [1.82, 2.24) is 0 Å². The summed E-state index contributed by atoms with van der Waals surface area (Å²) >= 11 is 3.13. The summed E-state index contributed by atoms with van der Waals surface area (Å²) in [5, 5.41) is -0.505. The van der Waals surface area contributed by atoms with E-state index in [4.69, 9.17) is 4.89 Å². The fraction of sp³-hybridized carbons (Fsp3) is 0.143. The van der Waals surface area contributed by atoms with E-state index in [9.17, 15) is 4.57 Å². The van der Waals surface area contributed by atoms with Crippen LogP contribution in [0.25, 0.3) is 0 Å². The Hall–Kier alpha value is -0.150. The molecular weight excluding hydrogens is 243 g/mol. The summed E-state index contributed by atoms with van der Waals surface area (Å²) in [7, 11) is -2.88. The third-order valence-corrected chi connectivity index (χ3v) is 2.76. The monoisotopic (exact) mass is 250 g/mol. The highest BCUT2D eigenvalue weighted by molar-refractivity contribution is 9.09. The highest BCUT2D eigenvalue weighted by Gasteiger charge is 2.08. The summed E-state index contributed by atoms with van der Waals surface area (Å²) in [5.41, 5.74) is 0.824. The van der Waals surface area contributed by atoms with Gasteiger partial charge in [0.2, 0.25) is 0 Å². The first-order chi connectivity index (χ1) is 5.70. The van der Waals surface area contributed by atoms with E-state index in [1.54, 1.807) is 0 Å². The first-order valence-electron chi connectivity index (χ1n) is 3.29. The molecule has 1 rings (SSSR count). The van der Waals surface area contributed by atoms with E-state index in [0.29, 0.717) is 0 Å². The Kier molecular flexibility index (Phi) is 3.95. The van der Waals surface area contributed by atoms with Crippen LogP contribution in [-0.4, -0.2) is 4.89 Å². The van der Waals surface area contributed by atoms with Crippen molar-refractivity contribution in [3.05, 3.63) is 35.9 Å². The van der Waals surface area contributed by atoms with E-state index in [-0.39, 0.29) is 0 Å². The normalized spacial score (nSPS) is 15.5. The Balaban J connectivity index is 2.65. The molecule has 5 heteroatoms. The molecule has 0 spiro atoms. The maximum Gasteiger partial charge on any atom is 0.317 e. The second-order valence-electron chi connectivity index (χ2n) is 2.11. The maximum atomic E-state index is 10.3. The summed E-state index contributed by atoms with van der Waals surface area (Å²) in [4.78, 5) is 8.48. The van der Waals surface area contributed by atoms with Crippen LogP contribution >= 0.6 is 24.2 Å². The average molecular weight is 251 g/mol. The molecule has 0 aliphatic heterocycles. The summed E-state index contributed by atoms with van der Waals surface area (Å²) in [6.07, 6.45) is 0. The van der Waals surface area contributed by atoms with E-state index < -0.39 is 13.3 Å². The zero-order valence-corrected chi connectivity index (χ0v) is 8.69. The summed E-state index contributed by atoms with van der Waals surface area (Å²) < 4.78 is 15.0. The lowest BCUT2D eigenvalue weighted by molar-refractivity contribution is 0.269. The first kappa shape index (κ1) is 9.93. The molecule has 0 aliphatic carbocycles. The fourth-order valence-electron chi connectivity index (χ4n) is 0.761. The molecule has 0 saturated carbocycles. The zero-order chi connectivity index (χ0) is 8.97. The molecule has 12 heavy (non-hydrogen) atoms. The quantitative estimate of drug-likeness (QED) is 0.663. The largest absolute Gasteiger partial charge is 0.326 e. The third kappa shape index (κ3) is 3.07. The van der Waals surface area contributed by atoms with Gasteiger partial charge in [-0.15, -0.1) is 0 Å². The standard InChI is InChI=1S/C7H8BrO3P/c8-7(11-12(9)10)6-4-2-1-3-5-6/h1-5,7,12H,(H,9,10). The van der Waals surface area contributed by atoms with Crippen LogP contribution in [0.15, 0.2) is 30.3 Å². The highest BCUT2D eigenvalue weighted by atomic mass is 79.9. The van der Waals surface area contributed by atoms with E-state index in [1.807, 2.05) is 30.3 Å². The minimum absolute atomic E-state index is 0.505. The van der Waals surface area contributed by atoms with Gasteiger partial charge in [-0.3, -0.25) is 9.09 Å². The van der Waals surface area contributed by atoms with Crippen LogP contribution in [0, 0.1) is 0 Å². The van der Waals surface area contributed by atoms with Gasteiger partial charge in [-0.05, 0) is 5.56 Å². The van der Waals surface area contributed by atoms with Crippen molar-refractivity contribution in [2.75, 3.05) is 0 Å². The van der Waals surface area contributed by atoms with E-state index in [1.165, 1.54) is 0 Å². The molecule has 3 nitrogen and oxygen atoms in total. The Morgan fingerprint density at radius 2 is 2.00 bits per heavy atom. The lowest BCUT2D eigenvalue weighted by Crippen LogP contribution is -1.88. The van der Waals surface area contributed by atoms with Crippen LogP contribution in [0.1, 0.15) is 10.6 Å². The topological polar surface area (TPSA) is 46.5 Å². The molecule has 0 aromatic heterocycles. The molecule has 2 atom stereocenters. The van der Waals surface area contributed by atoms with Gasteiger partial charge in [0.1, 0.15) is 5.01 Å². The predicted molar refractivity (Wildman–Crippen MR) is 50.4 cm³/mol. The van der Waals surface area contributed by atoms with Gasteiger partial charge in [0.25, 0.3) is 0 Å². The Bertz CT molecular complexity index is 265. The van der Waals surface area contributed by atoms with Crippen molar-refractivity contribution in [1.29, 1.82) is 0 Å². The van der Waals surface area contributed by atoms with Gasteiger partial charge in [-0.1, -0.05) is 46.3 Å². The Morgan fingerprint density at radius 1 is 1.42 bits per heavy atom. The van der Waals surface area contributed by atoms with Gasteiger partial charge in [-0.2, -0.15) is 0 Å². The van der Waals surface area contributed by atoms with Crippen molar-refractivity contribution >= 4 is 24.2 Å². The summed E-state index contributed by atoms with van der Waals surface area (Å²) in [6, 6.07) is 9.16. The van der Waals surface area contributed by atoms with Crippen molar-refractivity contribution in [3.63, 3.8) is 0 Å². The van der Waals surface area contributed by atoms with Gasteiger partial charge < -0.3 is 4.89 Å². The maximum absolute atomic E-state index is 10.3. The van der Waals surface area contributed by atoms with Crippen LogP contribution < -0.4 is 0 Å². The zero-order valence-electron chi connectivity index (χ0n) is 6.11. The van der Waals surface area contributed by atoms with Crippen LogP contribution in [0.2, 0.25) is 0 Å². The number of hydrogen-bond donors (Lipinski definition) is 1. The van der Waals surface area contributed by atoms with Crippen LogP contribution in [0.5, 0.6) is 0 Å². The van der Waals surface area contributed by atoms with Crippen LogP contribution in [0.3, 0.4) is 0 Å². The van der Waals surface area contributed by atoms with E-state index in [2.05, 4.69) is 20.5 Å². The summed E-state index contributed by atoms with van der Waals surface area (Å²) in [6.45, 7) is 0. The van der Waals surface area contributed by atoms with Gasteiger partial charge in [0.05, 0.1) is 0 Å². The van der Waals surface area contributed by atoms with Crippen LogP contribution in [0.4, 0.5) is 0 Å². The molecule has 0 saturated heterocycles. The second-order valence-corrected chi connectivity index (χ2v) is 3.71. The molecule has 0 amide bonds. The van der Waals surface area contributed by atoms with Crippen molar-refractivity contribution in [2.24, 2.45) is 0 Å². The van der Waals surface area contributed by atoms with Crippen LogP contribution in [-0.2, 0) is 9.09 Å². The lowest BCUT2D eigenvalue weighted by Gasteiger charge is -2.07. The van der Waals surface area contributed by atoms with Gasteiger partial charge >= 0.3 is 8.25 Å². The molecule has 1 aromatic carbocycles. The first-order valence-corrected chi connectivity index (χ1v) is 5.46. The predicted octanol–water partition coefficient (Wildman–Crippen LogP) is 2.48. The second kappa shape index (κ2) is 4.77. The molecule has 0 fully saturated rings. The Morgan fingerprint density at radius 3 is 2.50 bits per heavy atom. The average Bonchev–Trinajstić information content (AvgIpc) is 2.05. The Labute approximate surface area is 79.4 Å². The number of alkyl halides is 1. The third-order valence-electron chi connectivity index (χ3n) is 1.27. The minimum atomic E-state index is -2.88. The van der Waals surface area contributed by atoms with Gasteiger partial charge in [0.15, 0.2) is 0 Å². The van der Waals surface area contributed by atoms with Gasteiger partial charge in [0, 0.05) is 0 Å². The highest BCUT2D eigenvalue weighted by Crippen LogP contribution is 2.32. The van der Waals surface area contributed by atoms with Crippen molar-refractivity contribution in [2.45, 2.75) is 5.01 Å². The van der Waals surface area contributed by atoms with E-state index in [0.717, 1.165) is 5.56 Å². The molecule has 0 radical (unpaired) electrons. The van der Waals surface area contributed by atoms with Gasteiger partial charge in [-0.25, -0.2) is 0 Å². The minimum Gasteiger partial charge on any atom is -0.326 e. The SMILES string of the molecule is O=[PH](O)OC(Br)c1ccccc1. The molecular formula is C7H8BrO3P. The molecule has 0 bridgehead atoms. The molecule has 2 unspecified atom stereocenters. The number of benzene rings is 1. The fourth-order valence-corrected chi connectivity index (χ4v) is 1.86. The molecule has 0 heterocycles. The smallest absolute Gasteiger partial charge is 0.317 e. The van der Waals surface area contributed by atoms with E-state index >= 15 is 0 Å². The number of rotatable bonds is 3. The molecule has 1 aromatic rings. The molecule has 1 N–H and O–H groups in total. The summed E-state index contributed by atoms with van der Waals surface area (Å²) in [5.74, 6) is 0. The number of halogens is 1. The number of hydrogen-bond acceptors (Lipinski definition) is 2. The van der Waals surface area contributed by atoms with Crippen molar-refractivity contribution in [3.8, 4) is 0 Å².